The normalized spacial score (nSPS) is 23.8. The zero-order valence-electron chi connectivity index (χ0n) is 22.9. The smallest absolute Gasteiger partial charge is 0.410 e. The minimum atomic E-state index is -0.680. The third-order valence-corrected chi connectivity index (χ3v) is 7.92. The number of aryl methyl sites for hydroxylation is 1. The number of hydrogen-bond acceptors (Lipinski definition) is 7. The van der Waals surface area contributed by atoms with Crippen molar-refractivity contribution >= 4 is 34.6 Å². The van der Waals surface area contributed by atoms with Crippen LogP contribution in [0.15, 0.2) is 23.0 Å². The molecule has 5 heterocycles. The van der Waals surface area contributed by atoms with Crippen molar-refractivity contribution in [2.75, 3.05) is 38.1 Å². The predicted octanol–water partition coefficient (Wildman–Crippen LogP) is 1.84. The first-order valence-corrected chi connectivity index (χ1v) is 13.4. The van der Waals surface area contributed by atoms with Crippen molar-refractivity contribution in [3.63, 3.8) is 0 Å². The second kappa shape index (κ2) is 9.76. The van der Waals surface area contributed by atoms with Gasteiger partial charge in [0.1, 0.15) is 11.6 Å². The van der Waals surface area contributed by atoms with Crippen LogP contribution >= 0.6 is 0 Å². The third kappa shape index (κ3) is 4.91. The predicted molar refractivity (Wildman–Crippen MR) is 143 cm³/mol. The molecule has 4 aliphatic rings. The highest BCUT2D eigenvalue weighted by Gasteiger charge is 2.44. The maximum atomic E-state index is 13.1. The molecule has 0 spiro atoms. The Hall–Kier alpha value is -3.34. The van der Waals surface area contributed by atoms with Crippen molar-refractivity contribution in [1.82, 2.24) is 24.3 Å². The van der Waals surface area contributed by atoms with Crippen molar-refractivity contribution in [2.45, 2.75) is 70.2 Å². The summed E-state index contributed by atoms with van der Waals surface area (Å²) < 4.78 is 8.54. The minimum Gasteiger partial charge on any atom is -0.444 e. The van der Waals surface area contributed by atoms with Gasteiger partial charge in [0.05, 0.1) is 11.0 Å². The molecule has 2 bridgehead atoms. The number of hydrogen-bond donors (Lipinski definition) is 1. The second-order valence-electron chi connectivity index (χ2n) is 11.8. The van der Waals surface area contributed by atoms with Gasteiger partial charge in [0, 0.05) is 64.5 Å². The second-order valence-corrected chi connectivity index (χ2v) is 11.8. The van der Waals surface area contributed by atoms with Crippen LogP contribution in [0, 0.1) is 0 Å². The number of imide groups is 1. The molecule has 3 unspecified atom stereocenters. The lowest BCUT2D eigenvalue weighted by Crippen LogP contribution is -2.69. The molecule has 6 rings (SSSR count). The number of carbonyl (C=O) groups is 3. The van der Waals surface area contributed by atoms with Gasteiger partial charge in [-0.2, -0.15) is 0 Å². The standard InChI is InChI=1S/C27H38N6O5/c1-27(2,3)38-26(37)29(4)11-6-12-32-18-13-19(32)16-31(15-18)17-7-8-20-22(14-17)30(5)25(36)33(20)21-9-10-23(34)28-24(21)35/h7-8,14,18-19,21H,6,9-13,15-16H2,1-5H3,(H,28,34,35). The van der Waals surface area contributed by atoms with Crippen molar-refractivity contribution in [1.29, 1.82) is 0 Å². The van der Waals surface area contributed by atoms with Crippen molar-refractivity contribution < 1.29 is 19.1 Å². The molecule has 0 aliphatic carbocycles. The quantitative estimate of drug-likeness (QED) is 0.572. The van der Waals surface area contributed by atoms with E-state index in [1.165, 1.54) is 11.0 Å². The van der Waals surface area contributed by atoms with Gasteiger partial charge in [-0.1, -0.05) is 0 Å². The number of piperidine rings is 2. The molecule has 0 saturated carbocycles. The largest absolute Gasteiger partial charge is 0.444 e. The van der Waals surface area contributed by atoms with Crippen molar-refractivity contribution in [3.05, 3.63) is 28.7 Å². The molecule has 3 amide bonds. The number of rotatable bonds is 6. The summed E-state index contributed by atoms with van der Waals surface area (Å²) in [6.07, 6.45) is 2.32. The van der Waals surface area contributed by atoms with Crippen molar-refractivity contribution in [3.8, 4) is 0 Å². The highest BCUT2D eigenvalue weighted by Crippen LogP contribution is 2.36. The van der Waals surface area contributed by atoms with Crippen LogP contribution in [0.5, 0.6) is 0 Å². The van der Waals surface area contributed by atoms with E-state index in [4.69, 9.17) is 4.74 Å². The molecule has 1 N–H and O–H groups in total. The SMILES string of the molecule is CN(CCCN1C2CC1CN(c1ccc3c(c1)n(C)c(=O)n3C1CCC(=O)NC1=O)C2)C(=O)OC(C)(C)C. The lowest BCUT2D eigenvalue weighted by molar-refractivity contribution is -0.135. The Morgan fingerprint density at radius 2 is 1.84 bits per heavy atom. The molecule has 11 nitrogen and oxygen atoms in total. The van der Waals surface area contributed by atoms with Crippen LogP contribution < -0.4 is 15.9 Å². The van der Waals surface area contributed by atoms with Crippen LogP contribution in [0.4, 0.5) is 10.5 Å². The molecular formula is C27H38N6O5. The summed E-state index contributed by atoms with van der Waals surface area (Å²) in [5.74, 6) is -0.719. The zero-order valence-corrected chi connectivity index (χ0v) is 22.9. The van der Waals surface area contributed by atoms with Gasteiger partial charge >= 0.3 is 11.8 Å². The monoisotopic (exact) mass is 526 g/mol. The van der Waals surface area contributed by atoms with E-state index < -0.39 is 17.6 Å². The van der Waals surface area contributed by atoms with Gasteiger partial charge < -0.3 is 14.5 Å². The number of fused-ring (bicyclic) bond motifs is 3. The molecule has 1 aromatic carbocycles. The number of amides is 3. The summed E-state index contributed by atoms with van der Waals surface area (Å²) in [6.45, 7) is 9.03. The number of ether oxygens (including phenoxy) is 1. The lowest BCUT2D eigenvalue weighted by atomic mass is 9.87. The van der Waals surface area contributed by atoms with Crippen LogP contribution in [0.2, 0.25) is 0 Å². The van der Waals surface area contributed by atoms with Crippen molar-refractivity contribution in [2.24, 2.45) is 7.05 Å². The number of nitrogens with one attached hydrogen (secondary N) is 1. The Balaban J connectivity index is 1.22. The number of anilines is 1. The van der Waals surface area contributed by atoms with E-state index in [9.17, 15) is 19.2 Å². The number of imidazole rings is 1. The molecule has 3 atom stereocenters. The fraction of sp³-hybridized carbons (Fsp3) is 0.630. The van der Waals surface area contributed by atoms with Crippen LogP contribution in [-0.2, 0) is 21.4 Å². The molecule has 4 saturated heterocycles. The fourth-order valence-electron chi connectivity index (χ4n) is 5.96. The average Bonchev–Trinajstić information content (AvgIpc) is 3.10. The van der Waals surface area contributed by atoms with E-state index in [1.807, 2.05) is 39.0 Å². The van der Waals surface area contributed by atoms with Gasteiger partial charge in [0.2, 0.25) is 11.8 Å². The Bertz CT molecular complexity index is 1310. The van der Waals surface area contributed by atoms with Gasteiger partial charge in [-0.05, 0) is 58.2 Å². The first kappa shape index (κ1) is 26.3. The summed E-state index contributed by atoms with van der Waals surface area (Å²) in [5, 5.41) is 2.36. The first-order valence-electron chi connectivity index (χ1n) is 13.4. The minimum absolute atomic E-state index is 0.224. The summed E-state index contributed by atoms with van der Waals surface area (Å²) in [7, 11) is 3.50. The van der Waals surface area contributed by atoms with Crippen LogP contribution in [0.1, 0.15) is 52.5 Å². The lowest BCUT2D eigenvalue weighted by Gasteiger charge is -2.57. The van der Waals surface area contributed by atoms with Gasteiger partial charge in [0.15, 0.2) is 0 Å². The number of aromatic nitrogens is 2. The van der Waals surface area contributed by atoms with Crippen LogP contribution in [0.25, 0.3) is 11.0 Å². The van der Waals surface area contributed by atoms with Gasteiger partial charge in [-0.3, -0.25) is 28.9 Å². The molecule has 2 aromatic rings. The maximum Gasteiger partial charge on any atom is 0.410 e. The molecule has 206 valence electrons. The molecular weight excluding hydrogens is 488 g/mol. The van der Waals surface area contributed by atoms with Gasteiger partial charge in [-0.25, -0.2) is 9.59 Å². The average molecular weight is 527 g/mol. The molecule has 38 heavy (non-hydrogen) atoms. The highest BCUT2D eigenvalue weighted by molar-refractivity contribution is 6.00. The van der Waals surface area contributed by atoms with E-state index >= 15 is 0 Å². The first-order chi connectivity index (χ1) is 17.9. The highest BCUT2D eigenvalue weighted by atomic mass is 16.6. The summed E-state index contributed by atoms with van der Waals surface area (Å²) in [6, 6.07) is 6.22. The Morgan fingerprint density at radius 3 is 2.50 bits per heavy atom. The van der Waals surface area contributed by atoms with Crippen LogP contribution in [-0.4, -0.2) is 87.8 Å². The molecule has 4 fully saturated rings. The topological polar surface area (TPSA) is 109 Å². The number of piperazine rings is 1. The zero-order chi connectivity index (χ0) is 27.4. The molecule has 4 aliphatic heterocycles. The molecule has 1 aromatic heterocycles. The number of nitrogens with zero attached hydrogens (tertiary/aromatic N) is 5. The fourth-order valence-corrected chi connectivity index (χ4v) is 5.96. The van der Waals surface area contributed by atoms with Gasteiger partial charge in [0.25, 0.3) is 0 Å². The summed E-state index contributed by atoms with van der Waals surface area (Å²) in [4.78, 5) is 55.9. The van der Waals surface area contributed by atoms with E-state index in [1.54, 1.807) is 23.6 Å². The van der Waals surface area contributed by atoms with E-state index in [0.29, 0.717) is 30.6 Å². The molecule has 11 heteroatoms. The Labute approximate surface area is 222 Å². The van der Waals surface area contributed by atoms with Crippen LogP contribution in [0.3, 0.4) is 0 Å². The maximum absolute atomic E-state index is 13.1. The Kier molecular flexibility index (Phi) is 6.75. The summed E-state index contributed by atoms with van der Waals surface area (Å²) in [5.41, 5.74) is 1.79. The summed E-state index contributed by atoms with van der Waals surface area (Å²) >= 11 is 0. The van der Waals surface area contributed by atoms with E-state index in [0.717, 1.165) is 37.3 Å². The third-order valence-electron chi connectivity index (χ3n) is 7.92. The molecule has 0 radical (unpaired) electrons. The Morgan fingerprint density at radius 1 is 1.13 bits per heavy atom. The van der Waals surface area contributed by atoms with Gasteiger partial charge in [-0.15, -0.1) is 0 Å². The number of carbonyl (C=O) groups excluding carboxylic acids is 3. The van der Waals surface area contributed by atoms with E-state index in [-0.39, 0.29) is 24.1 Å². The van der Waals surface area contributed by atoms with E-state index in [2.05, 4.69) is 15.1 Å². The number of benzene rings is 1.